The molecule has 4 rings (SSSR count). The summed E-state index contributed by atoms with van der Waals surface area (Å²) in [5.41, 5.74) is 2.92. The third-order valence-electron chi connectivity index (χ3n) is 8.54. The lowest BCUT2D eigenvalue weighted by Gasteiger charge is -2.57. The molecule has 2 saturated carbocycles. The molecule has 2 fully saturated rings. The van der Waals surface area contributed by atoms with Crippen LogP contribution in [0.15, 0.2) is 35.6 Å². The van der Waals surface area contributed by atoms with E-state index in [0.29, 0.717) is 23.5 Å². The molecule has 0 aromatic rings. The molecule has 0 amide bonds. The van der Waals surface area contributed by atoms with Crippen LogP contribution >= 0.6 is 0 Å². The van der Waals surface area contributed by atoms with E-state index in [1.54, 1.807) is 0 Å². The molecule has 4 nitrogen and oxygen atoms in total. The highest BCUT2D eigenvalue weighted by Crippen LogP contribution is 2.65. The number of hydrogen-bond acceptors (Lipinski definition) is 4. The van der Waals surface area contributed by atoms with E-state index >= 15 is 0 Å². The van der Waals surface area contributed by atoms with Gasteiger partial charge in [0.15, 0.2) is 0 Å². The summed E-state index contributed by atoms with van der Waals surface area (Å²) in [5, 5.41) is 0. The summed E-state index contributed by atoms with van der Waals surface area (Å²) < 4.78 is 10.9. The van der Waals surface area contributed by atoms with Gasteiger partial charge in [-0.3, -0.25) is 9.59 Å². The molecule has 0 bridgehead atoms. The standard InChI is InChI=1S/C25H34O4/c1-15(28-16(2)26)21-8-9-22-20-7-6-18-14-19(29-17(3)27)10-12-24(18,4)23(20)11-13-25(21,22)5/h6,8,19-20,22-23H,1,7,9-14H2,2-5H3/t19-,20-,22-,23-,24+,25-/m1/s1. The smallest absolute Gasteiger partial charge is 0.308 e. The van der Waals surface area contributed by atoms with Crippen LogP contribution in [0.3, 0.4) is 0 Å². The Hall–Kier alpha value is -1.84. The first-order valence-corrected chi connectivity index (χ1v) is 11.1. The van der Waals surface area contributed by atoms with Crippen LogP contribution in [0.5, 0.6) is 0 Å². The molecule has 0 aromatic heterocycles. The van der Waals surface area contributed by atoms with Gasteiger partial charge in [-0.25, -0.2) is 0 Å². The monoisotopic (exact) mass is 398 g/mol. The SMILES string of the molecule is C=C(OC(C)=O)C1=CC[C@@H]2[C@H]3CC=C4C[C@H](OC(C)=O)CC[C@]4(C)[C@@H]3CC[C@]12C. The molecule has 0 heterocycles. The maximum Gasteiger partial charge on any atom is 0.308 e. The van der Waals surface area contributed by atoms with Crippen molar-refractivity contribution in [3.63, 3.8) is 0 Å². The minimum absolute atomic E-state index is 0.0454. The Labute approximate surface area is 174 Å². The van der Waals surface area contributed by atoms with Crippen molar-refractivity contribution in [3.8, 4) is 0 Å². The van der Waals surface area contributed by atoms with E-state index in [1.807, 2.05) is 0 Å². The van der Waals surface area contributed by atoms with Crippen LogP contribution in [0, 0.1) is 28.6 Å². The number of rotatable bonds is 3. The Morgan fingerprint density at radius 2 is 1.72 bits per heavy atom. The lowest BCUT2D eigenvalue weighted by molar-refractivity contribution is -0.148. The zero-order valence-corrected chi connectivity index (χ0v) is 18.3. The average molecular weight is 399 g/mol. The molecular weight excluding hydrogens is 364 g/mol. The number of ether oxygens (including phenoxy) is 2. The molecular formula is C25H34O4. The molecule has 0 radical (unpaired) electrons. The summed E-state index contributed by atoms with van der Waals surface area (Å²) in [7, 11) is 0. The number of esters is 2. The number of hydrogen-bond donors (Lipinski definition) is 0. The minimum atomic E-state index is -0.293. The van der Waals surface area contributed by atoms with E-state index in [4.69, 9.17) is 9.47 Å². The van der Waals surface area contributed by atoms with Crippen molar-refractivity contribution >= 4 is 11.9 Å². The van der Waals surface area contributed by atoms with Crippen molar-refractivity contribution in [3.05, 3.63) is 35.6 Å². The Kier molecular flexibility index (Phi) is 5.03. The van der Waals surface area contributed by atoms with Gasteiger partial charge in [0.25, 0.3) is 0 Å². The molecule has 0 spiro atoms. The second-order valence-corrected chi connectivity index (χ2v) is 10.1. The van der Waals surface area contributed by atoms with Crippen LogP contribution in [-0.2, 0) is 19.1 Å². The summed E-state index contributed by atoms with van der Waals surface area (Å²) in [6.07, 6.45) is 12.2. The maximum atomic E-state index is 11.4. The highest BCUT2D eigenvalue weighted by molar-refractivity contribution is 5.68. The number of fused-ring (bicyclic) bond motifs is 5. The van der Waals surface area contributed by atoms with Crippen molar-refractivity contribution in [2.45, 2.75) is 78.7 Å². The fourth-order valence-electron chi connectivity index (χ4n) is 7.19. The molecule has 4 aliphatic rings. The first-order valence-electron chi connectivity index (χ1n) is 11.1. The first-order chi connectivity index (χ1) is 13.6. The summed E-state index contributed by atoms with van der Waals surface area (Å²) in [6, 6.07) is 0. The van der Waals surface area contributed by atoms with Gasteiger partial charge in [-0.05, 0) is 72.7 Å². The summed E-state index contributed by atoms with van der Waals surface area (Å²) in [5.74, 6) is 1.98. The van der Waals surface area contributed by atoms with E-state index in [1.165, 1.54) is 25.8 Å². The van der Waals surface area contributed by atoms with Crippen molar-refractivity contribution in [1.29, 1.82) is 0 Å². The molecule has 0 aliphatic heterocycles. The third kappa shape index (κ3) is 3.29. The molecule has 4 aliphatic carbocycles. The van der Waals surface area contributed by atoms with Crippen molar-refractivity contribution in [2.75, 3.05) is 0 Å². The molecule has 6 atom stereocenters. The summed E-state index contributed by atoms with van der Waals surface area (Å²) in [6.45, 7) is 11.8. The predicted octanol–water partition coefficient (Wildman–Crippen LogP) is 5.49. The Bertz CT molecular complexity index is 806. The van der Waals surface area contributed by atoms with E-state index < -0.39 is 0 Å². The van der Waals surface area contributed by atoms with Gasteiger partial charge in [0, 0.05) is 20.3 Å². The molecule has 0 unspecified atom stereocenters. The normalized spacial score (nSPS) is 40.6. The number of allylic oxidation sites excluding steroid dienone is 3. The van der Waals surface area contributed by atoms with Crippen LogP contribution in [0.4, 0.5) is 0 Å². The van der Waals surface area contributed by atoms with Gasteiger partial charge in [-0.1, -0.05) is 38.2 Å². The van der Waals surface area contributed by atoms with Crippen LogP contribution in [0.1, 0.15) is 72.6 Å². The molecule has 158 valence electrons. The maximum absolute atomic E-state index is 11.4. The van der Waals surface area contributed by atoms with Crippen molar-refractivity contribution in [2.24, 2.45) is 28.6 Å². The van der Waals surface area contributed by atoms with Gasteiger partial charge in [0.2, 0.25) is 0 Å². The lowest BCUT2D eigenvalue weighted by atomic mass is 9.47. The van der Waals surface area contributed by atoms with Gasteiger partial charge >= 0.3 is 11.9 Å². The Balaban J connectivity index is 1.55. The van der Waals surface area contributed by atoms with Crippen LogP contribution in [0.25, 0.3) is 0 Å². The van der Waals surface area contributed by atoms with Gasteiger partial charge in [-0.15, -0.1) is 0 Å². The van der Waals surface area contributed by atoms with Gasteiger partial charge in [-0.2, -0.15) is 0 Å². The number of carbonyl (C=O) groups excluding carboxylic acids is 2. The van der Waals surface area contributed by atoms with Crippen molar-refractivity contribution < 1.29 is 19.1 Å². The summed E-state index contributed by atoms with van der Waals surface area (Å²) in [4.78, 5) is 22.9. The topological polar surface area (TPSA) is 52.6 Å². The highest BCUT2D eigenvalue weighted by atomic mass is 16.5. The quantitative estimate of drug-likeness (QED) is 0.358. The molecule has 29 heavy (non-hydrogen) atoms. The predicted molar refractivity (Wildman–Crippen MR) is 112 cm³/mol. The zero-order valence-electron chi connectivity index (χ0n) is 18.3. The van der Waals surface area contributed by atoms with E-state index in [0.717, 1.165) is 44.1 Å². The second kappa shape index (κ2) is 7.14. The van der Waals surface area contributed by atoms with E-state index in [2.05, 4.69) is 32.6 Å². The van der Waals surface area contributed by atoms with Gasteiger partial charge in [0.1, 0.15) is 11.9 Å². The average Bonchev–Trinajstić information content (AvgIpc) is 2.98. The van der Waals surface area contributed by atoms with Gasteiger partial charge in [0.05, 0.1) is 0 Å². The zero-order chi connectivity index (χ0) is 21.0. The van der Waals surface area contributed by atoms with Crippen molar-refractivity contribution in [1.82, 2.24) is 0 Å². The second-order valence-electron chi connectivity index (χ2n) is 10.1. The van der Waals surface area contributed by atoms with Crippen LogP contribution < -0.4 is 0 Å². The third-order valence-corrected chi connectivity index (χ3v) is 8.54. The molecule has 0 aromatic carbocycles. The minimum Gasteiger partial charge on any atom is -0.462 e. The lowest BCUT2D eigenvalue weighted by Crippen LogP contribution is -2.50. The highest BCUT2D eigenvalue weighted by Gasteiger charge is 2.57. The summed E-state index contributed by atoms with van der Waals surface area (Å²) >= 11 is 0. The number of carbonyl (C=O) groups is 2. The Morgan fingerprint density at radius 3 is 2.41 bits per heavy atom. The fraction of sp³-hybridized carbons (Fsp3) is 0.680. The van der Waals surface area contributed by atoms with E-state index in [9.17, 15) is 9.59 Å². The Morgan fingerprint density at radius 1 is 1.00 bits per heavy atom. The van der Waals surface area contributed by atoms with Crippen LogP contribution in [-0.4, -0.2) is 18.0 Å². The fourth-order valence-corrected chi connectivity index (χ4v) is 7.19. The van der Waals surface area contributed by atoms with Gasteiger partial charge < -0.3 is 9.47 Å². The molecule has 0 N–H and O–H groups in total. The van der Waals surface area contributed by atoms with Crippen LogP contribution in [0.2, 0.25) is 0 Å². The van der Waals surface area contributed by atoms with E-state index in [-0.39, 0.29) is 28.9 Å². The largest absolute Gasteiger partial charge is 0.462 e. The molecule has 4 heteroatoms. The molecule has 0 saturated heterocycles. The first kappa shape index (κ1) is 20.4.